The Morgan fingerprint density at radius 1 is 1.07 bits per heavy atom. The Labute approximate surface area is 177 Å². The molecule has 0 aliphatic carbocycles. The monoisotopic (exact) mass is 411 g/mol. The standard InChI is InChI=1S/C24H30FN3O2/c1-24(2,3)23(30)27-19-11-13-28(14-12-19)21-10-5-4-9-20(21)22(29)26-16-17-7-6-8-18(25)15-17/h4-10,15,19H,11-14,16H2,1-3H3,(H,26,29)(H,27,30). The number of rotatable bonds is 5. The van der Waals surface area contributed by atoms with Crippen LogP contribution >= 0.6 is 0 Å². The van der Waals surface area contributed by atoms with E-state index in [0.717, 1.165) is 37.2 Å². The zero-order valence-electron chi connectivity index (χ0n) is 17.9. The van der Waals surface area contributed by atoms with Crippen LogP contribution in [0.2, 0.25) is 0 Å². The van der Waals surface area contributed by atoms with Gasteiger partial charge in [-0.15, -0.1) is 0 Å². The average Bonchev–Trinajstić information content (AvgIpc) is 2.72. The Bertz CT molecular complexity index is 899. The summed E-state index contributed by atoms with van der Waals surface area (Å²) < 4.78 is 13.4. The first kappa shape index (κ1) is 21.8. The summed E-state index contributed by atoms with van der Waals surface area (Å²) >= 11 is 0. The highest BCUT2D eigenvalue weighted by Crippen LogP contribution is 2.25. The Morgan fingerprint density at radius 2 is 1.77 bits per heavy atom. The molecule has 1 saturated heterocycles. The van der Waals surface area contributed by atoms with Gasteiger partial charge in [0.1, 0.15) is 5.82 Å². The van der Waals surface area contributed by atoms with Crippen LogP contribution in [0, 0.1) is 11.2 Å². The van der Waals surface area contributed by atoms with Crippen molar-refractivity contribution in [3.8, 4) is 0 Å². The lowest BCUT2D eigenvalue weighted by Gasteiger charge is -2.35. The molecule has 160 valence electrons. The molecule has 3 rings (SSSR count). The summed E-state index contributed by atoms with van der Waals surface area (Å²) in [5, 5.41) is 6.02. The van der Waals surface area contributed by atoms with Crippen LogP contribution in [0.15, 0.2) is 48.5 Å². The summed E-state index contributed by atoms with van der Waals surface area (Å²) in [7, 11) is 0. The minimum Gasteiger partial charge on any atom is -0.371 e. The molecule has 1 aliphatic heterocycles. The van der Waals surface area contributed by atoms with Gasteiger partial charge in [0.05, 0.1) is 5.56 Å². The van der Waals surface area contributed by atoms with Crippen molar-refractivity contribution in [3.05, 3.63) is 65.5 Å². The van der Waals surface area contributed by atoms with Crippen LogP contribution < -0.4 is 15.5 Å². The van der Waals surface area contributed by atoms with Gasteiger partial charge in [-0.3, -0.25) is 9.59 Å². The third-order valence-corrected chi connectivity index (χ3v) is 5.34. The summed E-state index contributed by atoms with van der Waals surface area (Å²) in [6.45, 7) is 7.54. The molecule has 5 nitrogen and oxygen atoms in total. The lowest BCUT2D eigenvalue weighted by Crippen LogP contribution is -2.48. The van der Waals surface area contributed by atoms with Crippen molar-refractivity contribution in [2.75, 3.05) is 18.0 Å². The highest BCUT2D eigenvalue weighted by atomic mass is 19.1. The molecule has 2 N–H and O–H groups in total. The third-order valence-electron chi connectivity index (χ3n) is 5.34. The number of nitrogens with zero attached hydrogens (tertiary/aromatic N) is 1. The van der Waals surface area contributed by atoms with Crippen LogP contribution in [0.4, 0.5) is 10.1 Å². The molecule has 0 spiro atoms. The fourth-order valence-corrected chi connectivity index (χ4v) is 3.53. The molecule has 2 aromatic rings. The second-order valence-corrected chi connectivity index (χ2v) is 8.81. The van der Waals surface area contributed by atoms with Crippen molar-refractivity contribution in [2.24, 2.45) is 5.41 Å². The van der Waals surface area contributed by atoms with Crippen LogP contribution in [-0.4, -0.2) is 30.9 Å². The van der Waals surface area contributed by atoms with Crippen LogP contribution in [0.3, 0.4) is 0 Å². The van der Waals surface area contributed by atoms with Gasteiger partial charge in [0.25, 0.3) is 5.91 Å². The Kier molecular flexibility index (Phi) is 6.75. The molecule has 30 heavy (non-hydrogen) atoms. The van der Waals surface area contributed by atoms with Gasteiger partial charge in [-0.25, -0.2) is 4.39 Å². The van der Waals surface area contributed by atoms with Gasteiger partial charge in [-0.05, 0) is 42.7 Å². The summed E-state index contributed by atoms with van der Waals surface area (Å²) in [6.07, 6.45) is 1.67. The quantitative estimate of drug-likeness (QED) is 0.785. The molecule has 0 saturated carbocycles. The van der Waals surface area contributed by atoms with E-state index in [1.807, 2.05) is 45.0 Å². The highest BCUT2D eigenvalue weighted by molar-refractivity contribution is 5.99. The van der Waals surface area contributed by atoms with E-state index in [0.29, 0.717) is 5.56 Å². The van der Waals surface area contributed by atoms with Gasteiger partial charge in [0.15, 0.2) is 0 Å². The molecule has 0 aromatic heterocycles. The van der Waals surface area contributed by atoms with Crippen molar-refractivity contribution < 1.29 is 14.0 Å². The summed E-state index contributed by atoms with van der Waals surface area (Å²) in [5.74, 6) is -0.431. The van der Waals surface area contributed by atoms with E-state index in [2.05, 4.69) is 15.5 Å². The number of anilines is 1. The average molecular weight is 412 g/mol. The molecular weight excluding hydrogens is 381 g/mol. The molecule has 0 radical (unpaired) electrons. The second-order valence-electron chi connectivity index (χ2n) is 8.81. The van der Waals surface area contributed by atoms with E-state index in [9.17, 15) is 14.0 Å². The minimum atomic E-state index is -0.399. The molecule has 1 heterocycles. The van der Waals surface area contributed by atoms with Gasteiger partial charge >= 0.3 is 0 Å². The number of para-hydroxylation sites is 1. The first-order valence-electron chi connectivity index (χ1n) is 10.4. The predicted octanol–water partition coefficient (Wildman–Crippen LogP) is 3.89. The van der Waals surface area contributed by atoms with E-state index in [1.165, 1.54) is 12.1 Å². The number of hydrogen-bond donors (Lipinski definition) is 2. The maximum Gasteiger partial charge on any atom is 0.253 e. The van der Waals surface area contributed by atoms with Gasteiger partial charge in [0.2, 0.25) is 5.91 Å². The number of amides is 2. The number of hydrogen-bond acceptors (Lipinski definition) is 3. The van der Waals surface area contributed by atoms with Crippen molar-refractivity contribution in [1.29, 1.82) is 0 Å². The Hall–Kier alpha value is -2.89. The number of benzene rings is 2. The zero-order valence-corrected chi connectivity index (χ0v) is 17.9. The number of halogens is 1. The van der Waals surface area contributed by atoms with Crippen LogP contribution in [0.1, 0.15) is 49.5 Å². The molecular formula is C24H30FN3O2. The first-order chi connectivity index (χ1) is 14.2. The Balaban J connectivity index is 1.61. The normalized spacial score (nSPS) is 15.0. The van der Waals surface area contributed by atoms with Gasteiger partial charge in [0, 0.05) is 36.8 Å². The summed E-state index contributed by atoms with van der Waals surface area (Å²) in [6, 6.07) is 13.9. The molecule has 6 heteroatoms. The van der Waals surface area contributed by atoms with Crippen molar-refractivity contribution >= 4 is 17.5 Å². The predicted molar refractivity (Wildman–Crippen MR) is 117 cm³/mol. The summed E-state index contributed by atoms with van der Waals surface area (Å²) in [4.78, 5) is 27.2. The molecule has 1 fully saturated rings. The van der Waals surface area contributed by atoms with E-state index in [1.54, 1.807) is 12.1 Å². The molecule has 2 amide bonds. The smallest absolute Gasteiger partial charge is 0.253 e. The number of nitrogens with one attached hydrogen (secondary N) is 2. The third kappa shape index (κ3) is 5.59. The van der Waals surface area contributed by atoms with Gasteiger partial charge < -0.3 is 15.5 Å². The van der Waals surface area contributed by atoms with Crippen molar-refractivity contribution in [1.82, 2.24) is 10.6 Å². The van der Waals surface area contributed by atoms with E-state index in [-0.39, 0.29) is 30.2 Å². The van der Waals surface area contributed by atoms with Crippen molar-refractivity contribution in [2.45, 2.75) is 46.2 Å². The lowest BCUT2D eigenvalue weighted by molar-refractivity contribution is -0.129. The molecule has 2 aromatic carbocycles. The first-order valence-corrected chi connectivity index (χ1v) is 10.4. The fourth-order valence-electron chi connectivity index (χ4n) is 3.53. The molecule has 0 bridgehead atoms. The van der Waals surface area contributed by atoms with Gasteiger partial charge in [-0.1, -0.05) is 45.0 Å². The molecule has 1 aliphatic rings. The van der Waals surface area contributed by atoms with Gasteiger partial charge in [-0.2, -0.15) is 0 Å². The molecule has 0 atom stereocenters. The maximum absolute atomic E-state index is 13.4. The maximum atomic E-state index is 13.4. The number of carbonyl (C=O) groups excluding carboxylic acids is 2. The largest absolute Gasteiger partial charge is 0.371 e. The zero-order chi connectivity index (χ0) is 21.7. The lowest BCUT2D eigenvalue weighted by atomic mass is 9.94. The minimum absolute atomic E-state index is 0.0677. The highest BCUT2D eigenvalue weighted by Gasteiger charge is 2.27. The SMILES string of the molecule is CC(C)(C)C(=O)NC1CCN(c2ccccc2C(=O)NCc2cccc(F)c2)CC1. The van der Waals surface area contributed by atoms with E-state index >= 15 is 0 Å². The van der Waals surface area contributed by atoms with Crippen LogP contribution in [0.5, 0.6) is 0 Å². The van der Waals surface area contributed by atoms with Crippen LogP contribution in [0.25, 0.3) is 0 Å². The van der Waals surface area contributed by atoms with Crippen molar-refractivity contribution in [3.63, 3.8) is 0 Å². The Morgan fingerprint density at radius 3 is 2.43 bits per heavy atom. The van der Waals surface area contributed by atoms with E-state index in [4.69, 9.17) is 0 Å². The summed E-state index contributed by atoms with van der Waals surface area (Å²) in [5.41, 5.74) is 1.81. The fraction of sp³-hybridized carbons (Fsp3) is 0.417. The van der Waals surface area contributed by atoms with Crippen LogP contribution in [-0.2, 0) is 11.3 Å². The number of piperidine rings is 1. The second kappa shape index (κ2) is 9.28. The molecule has 0 unspecified atom stereocenters. The van der Waals surface area contributed by atoms with E-state index < -0.39 is 5.41 Å². The number of carbonyl (C=O) groups is 2. The topological polar surface area (TPSA) is 61.4 Å².